The second kappa shape index (κ2) is 5.20. The third-order valence-electron chi connectivity index (χ3n) is 1.88. The van der Waals surface area contributed by atoms with Crippen LogP contribution < -0.4 is 11.0 Å². The number of nitro groups is 1. The van der Waals surface area contributed by atoms with Gasteiger partial charge in [0.15, 0.2) is 0 Å². The number of rotatable bonds is 5. The summed E-state index contributed by atoms with van der Waals surface area (Å²) >= 11 is 0. The van der Waals surface area contributed by atoms with Crippen molar-refractivity contribution in [2.24, 2.45) is 0 Å². The fourth-order valence-corrected chi connectivity index (χ4v) is 1.12. The standard InChI is InChI=1S/C8H12N4O3/c1-9-3-2-4-11-6-7(12(14)15)5-10-8(11)13/h5-6,9H,2-4H2,1H3. The summed E-state index contributed by atoms with van der Waals surface area (Å²) in [6.45, 7) is 1.17. The molecule has 0 amide bonds. The van der Waals surface area contributed by atoms with Crippen LogP contribution in [-0.2, 0) is 6.54 Å². The van der Waals surface area contributed by atoms with Gasteiger partial charge in [0.25, 0.3) is 0 Å². The summed E-state index contributed by atoms with van der Waals surface area (Å²) in [5.74, 6) is 0. The van der Waals surface area contributed by atoms with Gasteiger partial charge in [-0.25, -0.2) is 4.79 Å². The highest BCUT2D eigenvalue weighted by Crippen LogP contribution is 2.04. The van der Waals surface area contributed by atoms with E-state index in [1.165, 1.54) is 10.8 Å². The van der Waals surface area contributed by atoms with Gasteiger partial charge in [-0.05, 0) is 20.0 Å². The van der Waals surface area contributed by atoms with E-state index in [2.05, 4.69) is 10.3 Å². The van der Waals surface area contributed by atoms with Crippen LogP contribution in [0, 0.1) is 10.1 Å². The first-order chi connectivity index (χ1) is 7.15. The summed E-state index contributed by atoms with van der Waals surface area (Å²) in [5.41, 5.74) is -0.629. The topological polar surface area (TPSA) is 90.1 Å². The van der Waals surface area contributed by atoms with Crippen molar-refractivity contribution in [3.63, 3.8) is 0 Å². The molecule has 0 aromatic carbocycles. The first-order valence-corrected chi connectivity index (χ1v) is 4.50. The lowest BCUT2D eigenvalue weighted by molar-refractivity contribution is -0.385. The minimum absolute atomic E-state index is 0.168. The van der Waals surface area contributed by atoms with E-state index >= 15 is 0 Å². The van der Waals surface area contributed by atoms with Crippen molar-refractivity contribution in [1.82, 2.24) is 14.9 Å². The Hall–Kier alpha value is -1.76. The van der Waals surface area contributed by atoms with Crippen molar-refractivity contribution in [3.8, 4) is 0 Å². The Labute approximate surface area is 85.9 Å². The van der Waals surface area contributed by atoms with E-state index in [1.54, 1.807) is 7.05 Å². The minimum atomic E-state index is -0.568. The summed E-state index contributed by atoms with van der Waals surface area (Å²) in [4.78, 5) is 24.5. The van der Waals surface area contributed by atoms with E-state index in [9.17, 15) is 14.9 Å². The molecule has 1 aromatic heterocycles. The molecular weight excluding hydrogens is 200 g/mol. The van der Waals surface area contributed by atoms with E-state index < -0.39 is 10.6 Å². The monoisotopic (exact) mass is 212 g/mol. The van der Waals surface area contributed by atoms with Crippen molar-refractivity contribution in [2.45, 2.75) is 13.0 Å². The van der Waals surface area contributed by atoms with Crippen LogP contribution in [-0.4, -0.2) is 28.1 Å². The van der Waals surface area contributed by atoms with Crippen LogP contribution in [0.3, 0.4) is 0 Å². The number of nitrogens with one attached hydrogen (secondary N) is 1. The summed E-state index contributed by atoms with van der Waals surface area (Å²) in [7, 11) is 1.80. The lowest BCUT2D eigenvalue weighted by atomic mass is 10.4. The molecule has 0 saturated heterocycles. The maximum Gasteiger partial charge on any atom is 0.347 e. The maximum absolute atomic E-state index is 11.2. The molecule has 0 aliphatic carbocycles. The molecule has 0 unspecified atom stereocenters. The van der Waals surface area contributed by atoms with Crippen LogP contribution in [0.1, 0.15) is 6.42 Å². The molecule has 1 rings (SSSR count). The number of aromatic nitrogens is 2. The highest BCUT2D eigenvalue weighted by molar-refractivity contribution is 5.20. The van der Waals surface area contributed by atoms with Crippen LogP contribution in [0.25, 0.3) is 0 Å². The lowest BCUT2D eigenvalue weighted by Crippen LogP contribution is -2.24. The van der Waals surface area contributed by atoms with Crippen LogP contribution in [0.5, 0.6) is 0 Å². The molecule has 1 heterocycles. The zero-order valence-electron chi connectivity index (χ0n) is 8.34. The molecule has 0 atom stereocenters. The van der Waals surface area contributed by atoms with Gasteiger partial charge in [-0.3, -0.25) is 14.7 Å². The molecule has 0 spiro atoms. The molecule has 82 valence electrons. The molecular formula is C8H12N4O3. The van der Waals surface area contributed by atoms with Crippen LogP contribution in [0.4, 0.5) is 5.69 Å². The predicted octanol–water partition coefficient (Wildman–Crippen LogP) is -0.239. The van der Waals surface area contributed by atoms with Gasteiger partial charge in [0.05, 0.1) is 11.1 Å². The molecule has 1 aromatic rings. The fraction of sp³-hybridized carbons (Fsp3) is 0.500. The van der Waals surface area contributed by atoms with Crippen molar-refractivity contribution in [2.75, 3.05) is 13.6 Å². The normalized spacial score (nSPS) is 10.2. The van der Waals surface area contributed by atoms with Gasteiger partial charge in [0.2, 0.25) is 0 Å². The van der Waals surface area contributed by atoms with E-state index in [0.717, 1.165) is 19.2 Å². The van der Waals surface area contributed by atoms with E-state index in [4.69, 9.17) is 0 Å². The first kappa shape index (κ1) is 11.3. The van der Waals surface area contributed by atoms with Gasteiger partial charge in [-0.2, -0.15) is 4.98 Å². The van der Waals surface area contributed by atoms with Gasteiger partial charge in [-0.15, -0.1) is 0 Å². The number of aryl methyl sites for hydroxylation is 1. The van der Waals surface area contributed by atoms with Crippen molar-refractivity contribution < 1.29 is 4.92 Å². The largest absolute Gasteiger partial charge is 0.347 e. The van der Waals surface area contributed by atoms with Crippen molar-refractivity contribution in [1.29, 1.82) is 0 Å². The molecule has 0 radical (unpaired) electrons. The summed E-state index contributed by atoms with van der Waals surface area (Å²) in [6.07, 6.45) is 2.90. The fourth-order valence-electron chi connectivity index (χ4n) is 1.12. The van der Waals surface area contributed by atoms with Gasteiger partial charge in [0, 0.05) is 6.54 Å². The molecule has 0 aliphatic rings. The molecule has 7 heteroatoms. The minimum Gasteiger partial charge on any atom is -0.320 e. The quantitative estimate of drug-likeness (QED) is 0.413. The van der Waals surface area contributed by atoms with Crippen molar-refractivity contribution >= 4 is 5.69 Å². The van der Waals surface area contributed by atoms with Crippen molar-refractivity contribution in [3.05, 3.63) is 33.0 Å². The maximum atomic E-state index is 11.2. The average molecular weight is 212 g/mol. The predicted molar refractivity (Wildman–Crippen MR) is 53.7 cm³/mol. The SMILES string of the molecule is CNCCCn1cc([N+](=O)[O-])cnc1=O. The Bertz CT molecular complexity index is 401. The molecule has 0 aliphatic heterocycles. The van der Waals surface area contributed by atoms with Crippen LogP contribution in [0.15, 0.2) is 17.2 Å². The molecule has 0 bridgehead atoms. The summed E-state index contributed by atoms with van der Waals surface area (Å²) in [5, 5.41) is 13.4. The van der Waals surface area contributed by atoms with E-state index in [-0.39, 0.29) is 5.69 Å². The summed E-state index contributed by atoms with van der Waals surface area (Å²) in [6, 6.07) is 0. The second-order valence-electron chi connectivity index (χ2n) is 3.00. The Morgan fingerprint density at radius 1 is 1.67 bits per heavy atom. The summed E-state index contributed by atoms with van der Waals surface area (Å²) < 4.78 is 1.25. The number of hydrogen-bond acceptors (Lipinski definition) is 5. The molecule has 0 saturated carbocycles. The number of hydrogen-bond donors (Lipinski definition) is 1. The zero-order chi connectivity index (χ0) is 11.3. The molecule has 15 heavy (non-hydrogen) atoms. The van der Waals surface area contributed by atoms with Gasteiger partial charge in [-0.1, -0.05) is 0 Å². The third kappa shape index (κ3) is 3.13. The molecule has 0 fully saturated rings. The highest BCUT2D eigenvalue weighted by Gasteiger charge is 2.08. The van der Waals surface area contributed by atoms with Crippen LogP contribution in [0.2, 0.25) is 0 Å². The highest BCUT2D eigenvalue weighted by atomic mass is 16.6. The molecule has 7 nitrogen and oxygen atoms in total. The first-order valence-electron chi connectivity index (χ1n) is 4.50. The van der Waals surface area contributed by atoms with E-state index in [0.29, 0.717) is 6.54 Å². The smallest absolute Gasteiger partial charge is 0.320 e. The average Bonchev–Trinajstić information content (AvgIpc) is 2.20. The lowest BCUT2D eigenvalue weighted by Gasteiger charge is -2.03. The Morgan fingerprint density at radius 3 is 3.00 bits per heavy atom. The Balaban J connectivity index is 2.81. The second-order valence-corrected chi connectivity index (χ2v) is 3.00. The number of nitrogens with zero attached hydrogens (tertiary/aromatic N) is 3. The Morgan fingerprint density at radius 2 is 2.40 bits per heavy atom. The van der Waals surface area contributed by atoms with Gasteiger partial charge in [0.1, 0.15) is 6.20 Å². The Kier molecular flexibility index (Phi) is 3.92. The van der Waals surface area contributed by atoms with E-state index in [1.807, 2.05) is 0 Å². The molecule has 1 N–H and O–H groups in total. The third-order valence-corrected chi connectivity index (χ3v) is 1.88. The van der Waals surface area contributed by atoms with Gasteiger partial charge < -0.3 is 5.32 Å². The van der Waals surface area contributed by atoms with Crippen LogP contribution >= 0.6 is 0 Å². The van der Waals surface area contributed by atoms with Gasteiger partial charge >= 0.3 is 11.4 Å². The zero-order valence-corrected chi connectivity index (χ0v) is 8.34.